The first-order chi connectivity index (χ1) is 12.0. The Morgan fingerprint density at radius 1 is 1.36 bits per heavy atom. The molecule has 0 unspecified atom stereocenters. The molecule has 3 aromatic rings. The third-order valence-electron chi connectivity index (χ3n) is 3.81. The van der Waals surface area contributed by atoms with Crippen molar-refractivity contribution in [1.82, 2.24) is 9.78 Å². The molecule has 0 radical (unpaired) electrons. The Balaban J connectivity index is 2.01. The number of rotatable bonds is 5. The third-order valence-corrected chi connectivity index (χ3v) is 3.81. The molecule has 6 nitrogen and oxygen atoms in total. The van der Waals surface area contributed by atoms with Crippen molar-refractivity contribution in [1.29, 1.82) is 0 Å². The maximum absolute atomic E-state index is 14.1. The van der Waals surface area contributed by atoms with Gasteiger partial charge in [0.1, 0.15) is 11.5 Å². The molecule has 7 heteroatoms. The molecule has 0 saturated carbocycles. The first-order valence-corrected chi connectivity index (χ1v) is 7.68. The molecule has 1 aromatic carbocycles. The summed E-state index contributed by atoms with van der Waals surface area (Å²) < 4.78 is 25.9. The minimum Gasteiger partial charge on any atom is -0.494 e. The minimum atomic E-state index is -0.543. The van der Waals surface area contributed by atoms with Crippen LogP contribution >= 0.6 is 0 Å². The predicted molar refractivity (Wildman–Crippen MR) is 90.1 cm³/mol. The monoisotopic (exact) mass is 343 g/mol. The quantitative estimate of drug-likeness (QED) is 0.713. The van der Waals surface area contributed by atoms with E-state index in [0.717, 1.165) is 5.69 Å². The van der Waals surface area contributed by atoms with Crippen LogP contribution in [-0.2, 0) is 13.6 Å². The Bertz CT molecular complexity index is 887. The smallest absolute Gasteiger partial charge is 0.276 e. The number of methoxy groups -OCH3 is 1. The highest BCUT2D eigenvalue weighted by atomic mass is 19.1. The largest absolute Gasteiger partial charge is 0.494 e. The van der Waals surface area contributed by atoms with Gasteiger partial charge in [0, 0.05) is 18.8 Å². The standard InChI is InChI=1S/C18H18FN3O3/c1-12-9-16(21(2)20-12)18(23)22(11-14-5-4-8-25-14)13-6-7-17(24-3)15(19)10-13/h4-10H,11H2,1-3H3. The molecule has 0 N–H and O–H groups in total. The van der Waals surface area contributed by atoms with Crippen LogP contribution in [0.1, 0.15) is 21.9 Å². The highest BCUT2D eigenvalue weighted by Crippen LogP contribution is 2.26. The van der Waals surface area contributed by atoms with E-state index in [0.29, 0.717) is 17.1 Å². The van der Waals surface area contributed by atoms with Crippen LogP contribution in [0.3, 0.4) is 0 Å². The Kier molecular flexibility index (Phi) is 4.56. The fraction of sp³-hybridized carbons (Fsp3) is 0.222. The molecule has 0 fully saturated rings. The molecule has 2 aromatic heterocycles. The molecule has 0 bridgehead atoms. The molecule has 0 aliphatic rings. The number of hydrogen-bond acceptors (Lipinski definition) is 4. The van der Waals surface area contributed by atoms with Crippen molar-refractivity contribution < 1.29 is 18.3 Å². The normalized spacial score (nSPS) is 10.7. The lowest BCUT2D eigenvalue weighted by atomic mass is 10.2. The van der Waals surface area contributed by atoms with Crippen LogP contribution in [0.4, 0.5) is 10.1 Å². The Hall–Kier alpha value is -3.09. The van der Waals surface area contributed by atoms with E-state index >= 15 is 0 Å². The van der Waals surface area contributed by atoms with E-state index in [1.807, 2.05) is 0 Å². The van der Waals surface area contributed by atoms with Crippen LogP contribution in [0.2, 0.25) is 0 Å². The van der Waals surface area contributed by atoms with Crippen LogP contribution < -0.4 is 9.64 Å². The Morgan fingerprint density at radius 3 is 2.72 bits per heavy atom. The van der Waals surface area contributed by atoms with E-state index in [9.17, 15) is 9.18 Å². The Labute approximate surface area is 144 Å². The Morgan fingerprint density at radius 2 is 2.16 bits per heavy atom. The van der Waals surface area contributed by atoms with Crippen LogP contribution in [0.15, 0.2) is 47.1 Å². The number of halogens is 1. The molecule has 0 spiro atoms. The van der Waals surface area contributed by atoms with Gasteiger partial charge in [-0.3, -0.25) is 14.4 Å². The number of hydrogen-bond donors (Lipinski definition) is 0. The summed E-state index contributed by atoms with van der Waals surface area (Å²) in [5.74, 6) is -0.142. The zero-order valence-corrected chi connectivity index (χ0v) is 14.2. The van der Waals surface area contributed by atoms with Crippen molar-refractivity contribution >= 4 is 11.6 Å². The van der Waals surface area contributed by atoms with E-state index in [1.54, 1.807) is 38.2 Å². The molecule has 25 heavy (non-hydrogen) atoms. The highest BCUT2D eigenvalue weighted by Gasteiger charge is 2.23. The molecular weight excluding hydrogens is 325 g/mol. The van der Waals surface area contributed by atoms with Crippen molar-refractivity contribution in [2.45, 2.75) is 13.5 Å². The van der Waals surface area contributed by atoms with Crippen molar-refractivity contribution in [3.63, 3.8) is 0 Å². The van der Waals surface area contributed by atoms with Crippen LogP contribution in [0, 0.1) is 12.7 Å². The maximum Gasteiger partial charge on any atom is 0.276 e. The van der Waals surface area contributed by atoms with Crippen LogP contribution in [-0.4, -0.2) is 22.8 Å². The first-order valence-electron chi connectivity index (χ1n) is 7.68. The molecule has 0 aliphatic heterocycles. The second-order valence-electron chi connectivity index (χ2n) is 5.58. The minimum absolute atomic E-state index is 0.116. The second kappa shape index (κ2) is 6.80. The van der Waals surface area contributed by atoms with E-state index < -0.39 is 5.82 Å². The van der Waals surface area contributed by atoms with E-state index in [4.69, 9.17) is 9.15 Å². The number of aromatic nitrogens is 2. The lowest BCUT2D eigenvalue weighted by molar-refractivity contribution is 0.0974. The summed E-state index contributed by atoms with van der Waals surface area (Å²) in [5.41, 5.74) is 1.53. The van der Waals surface area contributed by atoms with E-state index in [-0.39, 0.29) is 18.2 Å². The zero-order valence-electron chi connectivity index (χ0n) is 14.2. The number of carbonyl (C=O) groups is 1. The molecule has 0 saturated heterocycles. The summed E-state index contributed by atoms with van der Waals surface area (Å²) in [5, 5.41) is 4.20. The van der Waals surface area contributed by atoms with Gasteiger partial charge in [-0.1, -0.05) is 0 Å². The third kappa shape index (κ3) is 3.40. The lowest BCUT2D eigenvalue weighted by Crippen LogP contribution is -2.32. The number of amides is 1. The number of aryl methyl sites for hydroxylation is 2. The van der Waals surface area contributed by atoms with Crippen molar-refractivity contribution in [2.24, 2.45) is 7.05 Å². The summed E-state index contributed by atoms with van der Waals surface area (Å²) in [6.45, 7) is 1.97. The highest BCUT2D eigenvalue weighted by molar-refractivity contribution is 6.05. The zero-order chi connectivity index (χ0) is 18.0. The van der Waals surface area contributed by atoms with E-state index in [2.05, 4.69) is 5.10 Å². The number of nitrogens with zero attached hydrogens (tertiary/aromatic N) is 3. The fourth-order valence-electron chi connectivity index (χ4n) is 2.61. The summed E-state index contributed by atoms with van der Waals surface area (Å²) in [6.07, 6.45) is 1.53. The molecule has 3 rings (SSSR count). The molecule has 1 amide bonds. The van der Waals surface area contributed by atoms with Gasteiger partial charge in [-0.15, -0.1) is 0 Å². The average molecular weight is 343 g/mol. The molecule has 0 aliphatic carbocycles. The van der Waals surface area contributed by atoms with Gasteiger partial charge < -0.3 is 9.15 Å². The van der Waals surface area contributed by atoms with Gasteiger partial charge in [-0.05, 0) is 37.3 Å². The SMILES string of the molecule is COc1ccc(N(Cc2ccco2)C(=O)c2cc(C)nn2C)cc1F. The van der Waals surface area contributed by atoms with Gasteiger partial charge in [0.05, 0.1) is 25.6 Å². The predicted octanol–water partition coefficient (Wildman–Crippen LogP) is 3.32. The number of ether oxygens (including phenoxy) is 1. The van der Waals surface area contributed by atoms with Crippen LogP contribution in [0.5, 0.6) is 5.75 Å². The summed E-state index contributed by atoms with van der Waals surface area (Å²) in [4.78, 5) is 14.5. The molecule has 2 heterocycles. The summed E-state index contributed by atoms with van der Waals surface area (Å²) in [6, 6.07) is 9.57. The van der Waals surface area contributed by atoms with Gasteiger partial charge in [0.25, 0.3) is 5.91 Å². The lowest BCUT2D eigenvalue weighted by Gasteiger charge is -2.22. The average Bonchev–Trinajstić information content (AvgIpc) is 3.21. The molecule has 130 valence electrons. The van der Waals surface area contributed by atoms with Gasteiger partial charge >= 0.3 is 0 Å². The van der Waals surface area contributed by atoms with Gasteiger partial charge in [0.2, 0.25) is 0 Å². The number of carbonyl (C=O) groups excluding carboxylic acids is 1. The van der Waals surface area contributed by atoms with Crippen molar-refractivity contribution in [3.8, 4) is 5.75 Å². The molecular formula is C18H18FN3O3. The second-order valence-corrected chi connectivity index (χ2v) is 5.58. The van der Waals surface area contributed by atoms with Crippen LogP contribution in [0.25, 0.3) is 0 Å². The van der Waals surface area contributed by atoms with E-state index in [1.165, 1.54) is 35.1 Å². The summed E-state index contributed by atoms with van der Waals surface area (Å²) in [7, 11) is 3.09. The molecule has 0 atom stereocenters. The maximum atomic E-state index is 14.1. The number of furan rings is 1. The van der Waals surface area contributed by atoms with Crippen molar-refractivity contribution in [3.05, 3.63) is 65.6 Å². The fourth-order valence-corrected chi connectivity index (χ4v) is 2.61. The first kappa shape index (κ1) is 16.8. The number of benzene rings is 1. The number of anilines is 1. The topological polar surface area (TPSA) is 60.5 Å². The summed E-state index contributed by atoms with van der Waals surface area (Å²) >= 11 is 0. The van der Waals surface area contributed by atoms with Gasteiger partial charge in [-0.2, -0.15) is 5.10 Å². The van der Waals surface area contributed by atoms with Gasteiger partial charge in [0.15, 0.2) is 11.6 Å². The van der Waals surface area contributed by atoms with Crippen molar-refractivity contribution in [2.75, 3.05) is 12.0 Å². The van der Waals surface area contributed by atoms with Gasteiger partial charge in [-0.25, -0.2) is 4.39 Å².